The van der Waals surface area contributed by atoms with Crippen LogP contribution in [0.1, 0.15) is 219 Å². The summed E-state index contributed by atoms with van der Waals surface area (Å²) in [5.74, 6) is 0.700. The van der Waals surface area contributed by atoms with E-state index in [2.05, 4.69) is 59.4 Å². The van der Waals surface area contributed by atoms with Gasteiger partial charge < -0.3 is 27.0 Å². The largest absolute Gasteiger partial charge is 0.356 e. The Hall–Kier alpha value is -1.98. The molecule has 0 saturated heterocycles. The van der Waals surface area contributed by atoms with Crippen LogP contribution in [-0.4, -0.2) is 67.4 Å². The van der Waals surface area contributed by atoms with E-state index in [0.717, 1.165) is 50.0 Å². The van der Waals surface area contributed by atoms with Gasteiger partial charge in [0.25, 0.3) is 0 Å². The van der Waals surface area contributed by atoms with Crippen LogP contribution in [0.3, 0.4) is 0 Å². The summed E-state index contributed by atoms with van der Waals surface area (Å²) in [5.41, 5.74) is 5.50. The highest BCUT2D eigenvalue weighted by Crippen LogP contribution is 2.19. The Morgan fingerprint density at radius 3 is 1.32 bits per heavy atom. The van der Waals surface area contributed by atoms with E-state index in [1.54, 1.807) is 21.6 Å². The molecule has 0 radical (unpaired) electrons. The number of carbonyl (C=O) groups excluding carboxylic acids is 4. The molecule has 0 aromatic heterocycles. The average molecular weight is 880 g/mol. The van der Waals surface area contributed by atoms with E-state index >= 15 is 0 Å². The molecule has 350 valence electrons. The van der Waals surface area contributed by atoms with E-state index in [4.69, 9.17) is 5.73 Å². The number of amides is 4. The maximum absolute atomic E-state index is 13.2. The van der Waals surface area contributed by atoms with Crippen molar-refractivity contribution in [3.05, 3.63) is 24.3 Å². The lowest BCUT2D eigenvalue weighted by molar-refractivity contribution is -0.130. The first-order valence-corrected chi connectivity index (χ1v) is 27.3. The fourth-order valence-electron chi connectivity index (χ4n) is 6.92. The minimum Gasteiger partial charge on any atom is -0.356 e. The highest BCUT2D eigenvalue weighted by atomic mass is 33.1. The van der Waals surface area contributed by atoms with Crippen molar-refractivity contribution in [1.29, 1.82) is 0 Å². The second-order valence-corrected chi connectivity index (χ2v) is 19.2. The number of nitrogens with one attached hydrogen (secondary N) is 4. The van der Waals surface area contributed by atoms with Crippen molar-refractivity contribution >= 4 is 45.2 Å². The molecular formula is C49H93N5O4S2. The molecule has 0 spiro atoms. The molecule has 0 aliphatic carbocycles. The molecule has 0 aromatic rings. The standard InChI is InChI=1S/C49H93N5O4S2/c1-3-5-7-9-11-13-15-17-19-21-23-25-27-29-31-33-40-51-46(55)36-35-45(54-48(57)38-37-47(56)52-42-44-60-59-43-39-50)49(58)53-41-34-32-30-28-26-24-22-20-18-16-14-12-10-8-6-4-2/h17-20,45H,3-16,21-44,50H2,1-2H3,(H,51,55)(H,52,56)(H,53,58)(H,54,57)/b19-17-,20-18-. The van der Waals surface area contributed by atoms with Crippen molar-refractivity contribution in [1.82, 2.24) is 21.3 Å². The van der Waals surface area contributed by atoms with Crippen molar-refractivity contribution in [3.8, 4) is 0 Å². The number of carbonyl (C=O) groups is 4. The smallest absolute Gasteiger partial charge is 0.242 e. The molecule has 0 bridgehead atoms. The number of rotatable bonds is 46. The Kier molecular flexibility index (Phi) is 46.5. The molecular weight excluding hydrogens is 787 g/mol. The molecule has 0 saturated carbocycles. The number of nitrogens with two attached hydrogens (primary N) is 1. The van der Waals surface area contributed by atoms with Crippen LogP contribution in [0.25, 0.3) is 0 Å². The molecule has 0 aliphatic rings. The van der Waals surface area contributed by atoms with E-state index in [1.165, 1.54) is 141 Å². The first kappa shape index (κ1) is 58.0. The second kappa shape index (κ2) is 48.1. The summed E-state index contributed by atoms with van der Waals surface area (Å²) in [5, 5.41) is 11.6. The fraction of sp³-hybridized carbons (Fsp3) is 0.837. The van der Waals surface area contributed by atoms with Gasteiger partial charge in [-0.2, -0.15) is 0 Å². The first-order valence-electron chi connectivity index (χ1n) is 24.8. The fourth-order valence-corrected chi connectivity index (χ4v) is 8.68. The Morgan fingerprint density at radius 1 is 0.450 bits per heavy atom. The molecule has 0 aliphatic heterocycles. The Morgan fingerprint density at radius 2 is 0.833 bits per heavy atom. The summed E-state index contributed by atoms with van der Waals surface area (Å²) >= 11 is 0. The van der Waals surface area contributed by atoms with Crippen LogP contribution in [0.4, 0.5) is 0 Å². The molecule has 1 unspecified atom stereocenters. The zero-order chi connectivity index (χ0) is 43.8. The van der Waals surface area contributed by atoms with Gasteiger partial charge in [0, 0.05) is 56.9 Å². The maximum atomic E-state index is 13.2. The van der Waals surface area contributed by atoms with Crippen molar-refractivity contribution in [2.24, 2.45) is 5.73 Å². The summed E-state index contributed by atoms with van der Waals surface area (Å²) in [6.07, 6.45) is 44.4. The second-order valence-electron chi connectivity index (χ2n) is 16.5. The van der Waals surface area contributed by atoms with Gasteiger partial charge in [-0.1, -0.05) is 175 Å². The lowest BCUT2D eigenvalue weighted by atomic mass is 10.1. The van der Waals surface area contributed by atoms with Crippen molar-refractivity contribution < 1.29 is 19.2 Å². The Bertz CT molecular complexity index is 1060. The van der Waals surface area contributed by atoms with Gasteiger partial charge in [-0.05, 0) is 70.6 Å². The third-order valence-corrected chi connectivity index (χ3v) is 13.1. The minimum absolute atomic E-state index is 0.0122. The lowest BCUT2D eigenvalue weighted by Crippen LogP contribution is -2.47. The van der Waals surface area contributed by atoms with Gasteiger partial charge in [-0.15, -0.1) is 0 Å². The SMILES string of the molecule is CCCCCCCC/C=C\CCCCCCCCNC(=O)CCC(NC(=O)CCC(=O)NCCSSCCN)C(=O)NCCCCCCCC/C=C\CCCCCCCC. The zero-order valence-corrected chi connectivity index (χ0v) is 40.4. The summed E-state index contributed by atoms with van der Waals surface area (Å²) in [6.45, 7) is 6.84. The molecule has 0 rings (SSSR count). The molecule has 0 heterocycles. The van der Waals surface area contributed by atoms with Crippen molar-refractivity contribution in [2.45, 2.75) is 225 Å². The van der Waals surface area contributed by atoms with Gasteiger partial charge in [-0.25, -0.2) is 0 Å². The molecule has 1 atom stereocenters. The third kappa shape index (κ3) is 44.1. The van der Waals surface area contributed by atoms with Crippen LogP contribution in [0, 0.1) is 0 Å². The summed E-state index contributed by atoms with van der Waals surface area (Å²) in [4.78, 5) is 51.0. The maximum Gasteiger partial charge on any atom is 0.242 e. The zero-order valence-electron chi connectivity index (χ0n) is 38.8. The summed E-state index contributed by atoms with van der Waals surface area (Å²) in [6, 6.07) is -0.818. The van der Waals surface area contributed by atoms with Crippen LogP contribution in [-0.2, 0) is 19.2 Å². The predicted octanol–water partition coefficient (Wildman–Crippen LogP) is 11.8. The van der Waals surface area contributed by atoms with Crippen molar-refractivity contribution in [3.63, 3.8) is 0 Å². The quantitative estimate of drug-likeness (QED) is 0.0233. The highest BCUT2D eigenvalue weighted by Gasteiger charge is 2.22. The van der Waals surface area contributed by atoms with E-state index in [1.807, 2.05) is 0 Å². The Balaban J connectivity index is 4.39. The highest BCUT2D eigenvalue weighted by molar-refractivity contribution is 8.76. The average Bonchev–Trinajstić information content (AvgIpc) is 3.24. The van der Waals surface area contributed by atoms with Gasteiger partial charge in [0.1, 0.15) is 6.04 Å². The van der Waals surface area contributed by atoms with E-state index in [9.17, 15) is 19.2 Å². The molecule has 60 heavy (non-hydrogen) atoms. The number of allylic oxidation sites excluding steroid dienone is 4. The van der Waals surface area contributed by atoms with Crippen LogP contribution >= 0.6 is 21.6 Å². The number of hydrogen-bond donors (Lipinski definition) is 5. The van der Waals surface area contributed by atoms with Crippen LogP contribution < -0.4 is 27.0 Å². The van der Waals surface area contributed by atoms with Gasteiger partial charge in [0.15, 0.2) is 0 Å². The van der Waals surface area contributed by atoms with E-state index in [-0.39, 0.29) is 49.3 Å². The van der Waals surface area contributed by atoms with E-state index in [0.29, 0.717) is 26.2 Å². The minimum atomic E-state index is -0.818. The molecule has 0 fully saturated rings. The van der Waals surface area contributed by atoms with Crippen LogP contribution in [0.5, 0.6) is 0 Å². The molecule has 0 aromatic carbocycles. The predicted molar refractivity (Wildman–Crippen MR) is 262 cm³/mol. The molecule has 4 amide bonds. The molecule has 6 N–H and O–H groups in total. The topological polar surface area (TPSA) is 142 Å². The number of hydrogen-bond acceptors (Lipinski definition) is 7. The third-order valence-electron chi connectivity index (χ3n) is 10.7. The first-order chi connectivity index (χ1) is 29.4. The number of unbranched alkanes of at least 4 members (excludes halogenated alkanes) is 24. The van der Waals surface area contributed by atoms with Gasteiger partial charge in [0.05, 0.1) is 0 Å². The molecule has 11 heteroatoms. The lowest BCUT2D eigenvalue weighted by Gasteiger charge is -2.18. The van der Waals surface area contributed by atoms with Crippen LogP contribution in [0.2, 0.25) is 0 Å². The van der Waals surface area contributed by atoms with Gasteiger partial charge >= 0.3 is 0 Å². The van der Waals surface area contributed by atoms with E-state index < -0.39 is 6.04 Å². The summed E-state index contributed by atoms with van der Waals surface area (Å²) < 4.78 is 0. The van der Waals surface area contributed by atoms with Crippen molar-refractivity contribution in [2.75, 3.05) is 37.7 Å². The summed E-state index contributed by atoms with van der Waals surface area (Å²) in [7, 11) is 3.33. The van der Waals surface area contributed by atoms with Gasteiger partial charge in [-0.3, -0.25) is 19.2 Å². The molecule has 9 nitrogen and oxygen atoms in total. The normalized spacial score (nSPS) is 12.0. The monoisotopic (exact) mass is 880 g/mol. The van der Waals surface area contributed by atoms with Gasteiger partial charge in [0.2, 0.25) is 23.6 Å². The van der Waals surface area contributed by atoms with Crippen LogP contribution in [0.15, 0.2) is 24.3 Å². The Labute approximate surface area is 377 Å².